The maximum atomic E-state index is 12.0. The Labute approximate surface area is 191 Å². The Morgan fingerprint density at radius 1 is 0.938 bits per heavy atom. The number of benzene rings is 2. The quantitative estimate of drug-likeness (QED) is 0.427. The van der Waals surface area contributed by atoms with Crippen LogP contribution in [0.1, 0.15) is 6.92 Å². The monoisotopic (exact) mass is 444 g/mol. The van der Waals surface area contributed by atoms with E-state index in [1.54, 1.807) is 22.6 Å². The lowest BCUT2D eigenvalue weighted by molar-refractivity contribution is 0.105. The molecule has 0 radical (unpaired) electrons. The van der Waals surface area contributed by atoms with Crippen molar-refractivity contribution in [2.75, 3.05) is 37.7 Å². The van der Waals surface area contributed by atoms with Crippen LogP contribution in [-0.4, -0.2) is 53.7 Å². The highest BCUT2D eigenvalue weighted by atomic mass is 32.1. The van der Waals surface area contributed by atoms with Crippen LogP contribution in [0.2, 0.25) is 0 Å². The summed E-state index contributed by atoms with van der Waals surface area (Å²) >= 11 is 1.64. The Morgan fingerprint density at radius 3 is 2.34 bits per heavy atom. The van der Waals surface area contributed by atoms with E-state index >= 15 is 0 Å². The number of hydrogen-bond donors (Lipinski definition) is 0. The van der Waals surface area contributed by atoms with E-state index in [9.17, 15) is 4.79 Å². The van der Waals surface area contributed by atoms with Crippen molar-refractivity contribution in [2.45, 2.75) is 6.92 Å². The Bertz CT molecular complexity index is 1220. The van der Waals surface area contributed by atoms with E-state index in [1.807, 2.05) is 13.0 Å². The Kier molecular flexibility index (Phi) is 5.73. The van der Waals surface area contributed by atoms with Gasteiger partial charge in [0, 0.05) is 37.1 Å². The fraction of sp³-hybridized carbons (Fsp3) is 0.240. The molecule has 2 aromatic carbocycles. The summed E-state index contributed by atoms with van der Waals surface area (Å²) in [5.74, 6) is 0.932. The van der Waals surface area contributed by atoms with Gasteiger partial charge in [-0.25, -0.2) is 14.8 Å². The number of hydrogen-bond acceptors (Lipinski definition) is 6. The molecule has 0 bridgehead atoms. The molecule has 6 nitrogen and oxygen atoms in total. The molecule has 4 aromatic rings. The molecule has 1 saturated heterocycles. The van der Waals surface area contributed by atoms with E-state index in [2.05, 4.69) is 68.8 Å². The van der Waals surface area contributed by atoms with Crippen molar-refractivity contribution in [3.63, 3.8) is 0 Å². The van der Waals surface area contributed by atoms with E-state index in [-0.39, 0.29) is 6.09 Å². The van der Waals surface area contributed by atoms with Gasteiger partial charge in [0.25, 0.3) is 0 Å². The van der Waals surface area contributed by atoms with Crippen molar-refractivity contribution in [3.8, 4) is 22.3 Å². The number of carbonyl (C=O) groups excluding carboxylic acids is 1. The molecule has 1 aliphatic heterocycles. The summed E-state index contributed by atoms with van der Waals surface area (Å²) in [6.45, 7) is 4.90. The van der Waals surface area contributed by atoms with Gasteiger partial charge in [0.2, 0.25) is 0 Å². The molecule has 2 aromatic heterocycles. The number of thiophene rings is 1. The van der Waals surface area contributed by atoms with Gasteiger partial charge in [-0.1, -0.05) is 54.6 Å². The fourth-order valence-corrected chi connectivity index (χ4v) is 5.01. The van der Waals surface area contributed by atoms with E-state index in [0.717, 1.165) is 27.2 Å². The molecule has 0 atom stereocenters. The van der Waals surface area contributed by atoms with Gasteiger partial charge in [0.15, 0.2) is 0 Å². The Morgan fingerprint density at radius 2 is 1.62 bits per heavy atom. The van der Waals surface area contributed by atoms with Gasteiger partial charge >= 0.3 is 6.09 Å². The first-order valence-corrected chi connectivity index (χ1v) is 11.7. The van der Waals surface area contributed by atoms with Gasteiger partial charge in [-0.15, -0.1) is 11.3 Å². The minimum Gasteiger partial charge on any atom is -0.450 e. The molecule has 0 saturated carbocycles. The topological polar surface area (TPSA) is 58.6 Å². The molecule has 0 unspecified atom stereocenters. The van der Waals surface area contributed by atoms with Gasteiger partial charge < -0.3 is 14.5 Å². The first kappa shape index (κ1) is 20.5. The zero-order valence-corrected chi connectivity index (χ0v) is 18.7. The number of fused-ring (bicyclic) bond motifs is 1. The van der Waals surface area contributed by atoms with Crippen LogP contribution in [0.3, 0.4) is 0 Å². The molecule has 1 aliphatic rings. The molecular weight excluding hydrogens is 420 g/mol. The van der Waals surface area contributed by atoms with Crippen molar-refractivity contribution in [1.29, 1.82) is 0 Å². The third-order valence-electron chi connectivity index (χ3n) is 5.76. The third-order valence-corrected chi connectivity index (χ3v) is 6.64. The highest BCUT2D eigenvalue weighted by Crippen LogP contribution is 2.38. The zero-order chi connectivity index (χ0) is 21.9. The number of anilines is 1. The number of nitrogens with zero attached hydrogens (tertiary/aromatic N) is 4. The Balaban J connectivity index is 1.43. The van der Waals surface area contributed by atoms with Crippen molar-refractivity contribution < 1.29 is 9.53 Å². The average molecular weight is 445 g/mol. The summed E-state index contributed by atoms with van der Waals surface area (Å²) in [5.41, 5.74) is 4.70. The summed E-state index contributed by atoms with van der Waals surface area (Å²) in [6, 6.07) is 19.0. The van der Waals surface area contributed by atoms with Crippen LogP contribution in [0.15, 0.2) is 66.3 Å². The molecule has 32 heavy (non-hydrogen) atoms. The van der Waals surface area contributed by atoms with Crippen molar-refractivity contribution in [3.05, 3.63) is 66.3 Å². The van der Waals surface area contributed by atoms with Gasteiger partial charge in [0.05, 0.1) is 12.0 Å². The summed E-state index contributed by atoms with van der Waals surface area (Å²) in [5, 5.41) is 3.24. The van der Waals surface area contributed by atoms with E-state index < -0.39 is 0 Å². The second-order valence-electron chi connectivity index (χ2n) is 7.64. The lowest BCUT2D eigenvalue weighted by atomic mass is 10.0. The third kappa shape index (κ3) is 3.91. The molecule has 1 fully saturated rings. The normalized spacial score (nSPS) is 14.0. The van der Waals surface area contributed by atoms with E-state index in [0.29, 0.717) is 32.8 Å². The lowest BCUT2D eigenvalue weighted by Gasteiger charge is -2.35. The van der Waals surface area contributed by atoms with Crippen LogP contribution >= 0.6 is 11.3 Å². The smallest absolute Gasteiger partial charge is 0.409 e. The molecule has 0 spiro atoms. The second kappa shape index (κ2) is 8.96. The van der Waals surface area contributed by atoms with Crippen LogP contribution < -0.4 is 4.90 Å². The van der Waals surface area contributed by atoms with Crippen LogP contribution in [-0.2, 0) is 4.74 Å². The molecule has 7 heteroatoms. The maximum absolute atomic E-state index is 12.0. The number of rotatable bonds is 4. The number of aromatic nitrogens is 2. The number of piperazine rings is 1. The van der Waals surface area contributed by atoms with E-state index in [4.69, 9.17) is 4.74 Å². The largest absolute Gasteiger partial charge is 0.450 e. The molecule has 3 heterocycles. The van der Waals surface area contributed by atoms with Crippen LogP contribution in [0.4, 0.5) is 10.6 Å². The van der Waals surface area contributed by atoms with Gasteiger partial charge in [-0.2, -0.15) is 0 Å². The molecule has 0 N–H and O–H groups in total. The van der Waals surface area contributed by atoms with Crippen molar-refractivity contribution in [1.82, 2.24) is 14.9 Å². The highest BCUT2D eigenvalue weighted by Gasteiger charge is 2.25. The predicted octanol–water partition coefficient (Wildman–Crippen LogP) is 5.30. The first-order valence-electron chi connectivity index (χ1n) is 10.8. The Hall–Kier alpha value is -3.45. The lowest BCUT2D eigenvalue weighted by Crippen LogP contribution is -2.49. The van der Waals surface area contributed by atoms with E-state index in [1.165, 1.54) is 11.1 Å². The minimum absolute atomic E-state index is 0.241. The number of ether oxygens (including phenoxy) is 1. The SMILES string of the molecule is CCOC(=O)N1CCN(c2ncnc3scc(-c4ccc(-c5ccccc5)cc4)c23)CC1. The van der Waals surface area contributed by atoms with Crippen LogP contribution in [0, 0.1) is 0 Å². The maximum Gasteiger partial charge on any atom is 0.409 e. The molecule has 1 amide bonds. The summed E-state index contributed by atoms with van der Waals surface area (Å²) in [7, 11) is 0. The van der Waals surface area contributed by atoms with Crippen LogP contribution in [0.25, 0.3) is 32.5 Å². The number of amides is 1. The highest BCUT2D eigenvalue weighted by molar-refractivity contribution is 7.17. The summed E-state index contributed by atoms with van der Waals surface area (Å²) < 4.78 is 5.14. The average Bonchev–Trinajstić information content (AvgIpc) is 3.29. The minimum atomic E-state index is -0.241. The molecular formula is C25H24N4O2S. The summed E-state index contributed by atoms with van der Waals surface area (Å²) in [6.07, 6.45) is 1.39. The molecule has 162 valence electrons. The standard InChI is InChI=1S/C25H24N4O2S/c1-2-31-25(30)29-14-12-28(13-15-29)23-22-21(16-32-24(22)27-17-26-23)20-10-8-19(9-11-20)18-6-4-3-5-7-18/h3-11,16-17H,2,12-15H2,1H3. The first-order chi connectivity index (χ1) is 15.7. The van der Waals surface area contributed by atoms with Gasteiger partial charge in [0.1, 0.15) is 17.0 Å². The van der Waals surface area contributed by atoms with Crippen molar-refractivity contribution >= 4 is 33.5 Å². The predicted molar refractivity (Wildman–Crippen MR) is 129 cm³/mol. The van der Waals surface area contributed by atoms with Crippen molar-refractivity contribution in [2.24, 2.45) is 0 Å². The zero-order valence-electron chi connectivity index (χ0n) is 17.9. The van der Waals surface area contributed by atoms with Crippen LogP contribution in [0.5, 0.6) is 0 Å². The number of carbonyl (C=O) groups is 1. The molecule has 0 aliphatic carbocycles. The fourth-order valence-electron chi connectivity index (χ4n) is 4.10. The second-order valence-corrected chi connectivity index (χ2v) is 8.50. The molecule has 5 rings (SSSR count). The van der Waals surface area contributed by atoms with Gasteiger partial charge in [-0.3, -0.25) is 0 Å². The van der Waals surface area contributed by atoms with Gasteiger partial charge in [-0.05, 0) is 23.6 Å². The summed E-state index contributed by atoms with van der Waals surface area (Å²) in [4.78, 5) is 26.2.